The summed E-state index contributed by atoms with van der Waals surface area (Å²) < 4.78 is 38.1. The third-order valence-corrected chi connectivity index (χ3v) is 8.69. The summed E-state index contributed by atoms with van der Waals surface area (Å²) in [6.07, 6.45) is 2.63. The molecule has 3 aromatic carbocycles. The summed E-state index contributed by atoms with van der Waals surface area (Å²) in [5.74, 6) is 0.267. The maximum absolute atomic E-state index is 13.9. The van der Waals surface area contributed by atoms with E-state index in [1.54, 1.807) is 43.4 Å². The van der Waals surface area contributed by atoms with E-state index in [9.17, 15) is 18.0 Å². The number of nitrogens with one attached hydrogen (secondary N) is 2. The zero-order valence-corrected chi connectivity index (χ0v) is 24.9. The molecule has 42 heavy (non-hydrogen) atoms. The van der Waals surface area contributed by atoms with Crippen molar-refractivity contribution >= 4 is 21.8 Å². The minimum atomic E-state index is -3.55. The molecule has 1 saturated carbocycles. The van der Waals surface area contributed by atoms with E-state index in [0.29, 0.717) is 31.7 Å². The largest absolute Gasteiger partial charge is 0.497 e. The van der Waals surface area contributed by atoms with Crippen LogP contribution < -0.4 is 14.8 Å². The van der Waals surface area contributed by atoms with E-state index in [-0.39, 0.29) is 35.7 Å². The molecule has 0 radical (unpaired) electrons. The van der Waals surface area contributed by atoms with Crippen molar-refractivity contribution in [3.05, 3.63) is 95.6 Å². The number of sulfonamides is 1. The van der Waals surface area contributed by atoms with Crippen molar-refractivity contribution < 1.29 is 27.5 Å². The van der Waals surface area contributed by atoms with Crippen LogP contribution in [0.25, 0.3) is 0 Å². The monoisotopic (exact) mass is 593 g/mol. The third kappa shape index (κ3) is 9.14. The van der Waals surface area contributed by atoms with E-state index < -0.39 is 16.1 Å². The first kappa shape index (κ1) is 31.2. The van der Waals surface area contributed by atoms with Gasteiger partial charge in [0, 0.05) is 39.1 Å². The number of amides is 2. The summed E-state index contributed by atoms with van der Waals surface area (Å²) in [6, 6.07) is 22.9. The Labute approximate surface area is 248 Å². The van der Waals surface area contributed by atoms with Crippen molar-refractivity contribution in [3.63, 3.8) is 0 Å². The van der Waals surface area contributed by atoms with Crippen molar-refractivity contribution in [2.45, 2.75) is 55.6 Å². The van der Waals surface area contributed by atoms with Gasteiger partial charge in [-0.3, -0.25) is 9.59 Å². The van der Waals surface area contributed by atoms with Gasteiger partial charge in [0.2, 0.25) is 21.8 Å². The predicted molar refractivity (Wildman–Crippen MR) is 160 cm³/mol. The van der Waals surface area contributed by atoms with Gasteiger partial charge in [-0.1, -0.05) is 54.6 Å². The normalized spacial score (nSPS) is 13.8. The van der Waals surface area contributed by atoms with Crippen LogP contribution in [0.4, 0.5) is 0 Å². The fraction of sp³-hybridized carbons (Fsp3) is 0.375. The number of nitrogens with zero attached hydrogens (tertiary/aromatic N) is 1. The third-order valence-electron chi connectivity index (χ3n) is 7.15. The number of carbonyl (C=O) groups excluding carboxylic acids is 2. The smallest absolute Gasteiger partial charge is 0.243 e. The van der Waals surface area contributed by atoms with E-state index in [1.807, 2.05) is 54.6 Å². The van der Waals surface area contributed by atoms with Crippen LogP contribution in [0.1, 0.15) is 36.0 Å². The molecule has 0 heterocycles. The molecule has 9 nitrogen and oxygen atoms in total. The Morgan fingerprint density at radius 1 is 0.905 bits per heavy atom. The number of carbonyl (C=O) groups is 2. The lowest BCUT2D eigenvalue weighted by molar-refractivity contribution is -0.141. The molecule has 0 saturated heterocycles. The first-order valence-corrected chi connectivity index (χ1v) is 15.6. The molecule has 1 unspecified atom stereocenters. The summed E-state index contributed by atoms with van der Waals surface area (Å²) >= 11 is 0. The SMILES string of the molecule is COCCNC(=O)C(Cc1ccccc1)N(Cc1ccc(OC)cc1)C(=O)CCc1ccc(S(=O)(=O)NC2CC2)cc1. The Hall–Kier alpha value is -3.73. The molecule has 1 fully saturated rings. The molecule has 1 atom stereocenters. The molecular formula is C32H39N3O6S. The van der Waals surface area contributed by atoms with Gasteiger partial charge in [-0.15, -0.1) is 0 Å². The second-order valence-electron chi connectivity index (χ2n) is 10.4. The van der Waals surface area contributed by atoms with Gasteiger partial charge in [-0.05, 0) is 60.2 Å². The second kappa shape index (κ2) is 14.9. The molecule has 3 aromatic rings. The molecule has 2 N–H and O–H groups in total. The van der Waals surface area contributed by atoms with Gasteiger partial charge in [0.05, 0.1) is 18.6 Å². The van der Waals surface area contributed by atoms with Gasteiger partial charge >= 0.3 is 0 Å². The average Bonchev–Trinajstić information content (AvgIpc) is 3.82. The van der Waals surface area contributed by atoms with Crippen molar-refractivity contribution in [2.75, 3.05) is 27.4 Å². The first-order valence-electron chi connectivity index (χ1n) is 14.1. The van der Waals surface area contributed by atoms with Crippen molar-refractivity contribution in [3.8, 4) is 5.75 Å². The number of methoxy groups -OCH3 is 2. The average molecular weight is 594 g/mol. The van der Waals surface area contributed by atoms with Crippen LogP contribution in [0.3, 0.4) is 0 Å². The molecule has 1 aliphatic rings. The summed E-state index contributed by atoms with van der Waals surface area (Å²) in [6.45, 7) is 0.927. The minimum Gasteiger partial charge on any atom is -0.497 e. The topological polar surface area (TPSA) is 114 Å². The maximum atomic E-state index is 13.9. The highest BCUT2D eigenvalue weighted by molar-refractivity contribution is 7.89. The number of hydrogen-bond acceptors (Lipinski definition) is 6. The summed E-state index contributed by atoms with van der Waals surface area (Å²) in [5, 5.41) is 2.91. The van der Waals surface area contributed by atoms with Gasteiger partial charge < -0.3 is 19.7 Å². The quantitative estimate of drug-likeness (QED) is 0.246. The first-order chi connectivity index (χ1) is 20.3. The maximum Gasteiger partial charge on any atom is 0.243 e. The van der Waals surface area contributed by atoms with Gasteiger partial charge in [0.1, 0.15) is 11.8 Å². The highest BCUT2D eigenvalue weighted by Crippen LogP contribution is 2.23. The van der Waals surface area contributed by atoms with Crippen molar-refractivity contribution in [1.29, 1.82) is 0 Å². The Bertz CT molecular complexity index is 1410. The van der Waals surface area contributed by atoms with Gasteiger partial charge in [0.15, 0.2) is 0 Å². The number of aryl methyl sites for hydroxylation is 1. The van der Waals surface area contributed by atoms with E-state index in [1.165, 1.54) is 0 Å². The highest BCUT2D eigenvalue weighted by atomic mass is 32.2. The summed E-state index contributed by atoms with van der Waals surface area (Å²) in [7, 11) is -0.384. The van der Waals surface area contributed by atoms with Crippen LogP contribution in [-0.4, -0.2) is 64.6 Å². The summed E-state index contributed by atoms with van der Waals surface area (Å²) in [4.78, 5) is 29.2. The molecule has 0 aromatic heterocycles. The van der Waals surface area contributed by atoms with E-state index >= 15 is 0 Å². The van der Waals surface area contributed by atoms with Crippen LogP contribution in [0.2, 0.25) is 0 Å². The fourth-order valence-corrected chi connectivity index (χ4v) is 5.90. The molecule has 0 bridgehead atoms. The number of benzene rings is 3. The Kier molecular flexibility index (Phi) is 11.1. The number of hydrogen-bond donors (Lipinski definition) is 2. The van der Waals surface area contributed by atoms with Crippen LogP contribution in [0.15, 0.2) is 83.8 Å². The molecule has 0 spiro atoms. The fourth-order valence-electron chi connectivity index (χ4n) is 4.59. The Balaban J connectivity index is 1.54. The molecule has 224 valence electrons. The lowest BCUT2D eigenvalue weighted by atomic mass is 10.0. The number of rotatable bonds is 16. The van der Waals surface area contributed by atoms with Crippen LogP contribution >= 0.6 is 0 Å². The lowest BCUT2D eigenvalue weighted by Crippen LogP contribution is -2.51. The zero-order chi connectivity index (χ0) is 30.0. The molecule has 10 heteroatoms. The predicted octanol–water partition coefficient (Wildman–Crippen LogP) is 3.47. The molecule has 2 amide bonds. The molecule has 0 aliphatic heterocycles. The lowest BCUT2D eigenvalue weighted by Gasteiger charge is -2.31. The standard InChI is InChI=1S/C32H39N3O6S/c1-40-21-20-33-32(37)30(22-25-6-4-3-5-7-25)35(23-26-8-15-28(41-2)16-9-26)31(36)19-12-24-10-17-29(18-11-24)42(38,39)34-27-13-14-27/h3-11,15-18,27,30,34H,12-14,19-23H2,1-2H3,(H,33,37). The summed E-state index contributed by atoms with van der Waals surface area (Å²) in [5.41, 5.74) is 2.64. The van der Waals surface area contributed by atoms with Crippen LogP contribution in [-0.2, 0) is 43.7 Å². The molecule has 4 rings (SSSR count). The van der Waals surface area contributed by atoms with Crippen LogP contribution in [0, 0.1) is 0 Å². The molecular weight excluding hydrogens is 554 g/mol. The van der Waals surface area contributed by atoms with Crippen LogP contribution in [0.5, 0.6) is 5.75 Å². The Morgan fingerprint density at radius 2 is 1.57 bits per heavy atom. The zero-order valence-electron chi connectivity index (χ0n) is 24.1. The Morgan fingerprint density at radius 3 is 2.19 bits per heavy atom. The van der Waals surface area contributed by atoms with E-state index in [2.05, 4.69) is 10.0 Å². The van der Waals surface area contributed by atoms with Gasteiger partial charge in [0.25, 0.3) is 0 Å². The van der Waals surface area contributed by atoms with Crippen molar-refractivity contribution in [1.82, 2.24) is 14.9 Å². The van der Waals surface area contributed by atoms with Gasteiger partial charge in [-0.2, -0.15) is 0 Å². The van der Waals surface area contributed by atoms with Gasteiger partial charge in [-0.25, -0.2) is 13.1 Å². The van der Waals surface area contributed by atoms with E-state index in [4.69, 9.17) is 9.47 Å². The second-order valence-corrected chi connectivity index (χ2v) is 12.1. The number of ether oxygens (including phenoxy) is 2. The van der Waals surface area contributed by atoms with Crippen molar-refractivity contribution in [2.24, 2.45) is 0 Å². The minimum absolute atomic E-state index is 0.0273. The highest BCUT2D eigenvalue weighted by Gasteiger charge is 2.30. The van der Waals surface area contributed by atoms with E-state index in [0.717, 1.165) is 29.5 Å². The molecule has 1 aliphatic carbocycles.